The van der Waals surface area contributed by atoms with E-state index in [1.54, 1.807) is 12.1 Å². The first-order valence-corrected chi connectivity index (χ1v) is 7.30. The second-order valence-electron chi connectivity index (χ2n) is 5.71. The van der Waals surface area contributed by atoms with Gasteiger partial charge in [-0.1, -0.05) is 17.7 Å². The van der Waals surface area contributed by atoms with Crippen LogP contribution in [0, 0.1) is 17.8 Å². The number of phenols is 1. The van der Waals surface area contributed by atoms with Crippen LogP contribution >= 0.6 is 11.6 Å². The Labute approximate surface area is 113 Å². The van der Waals surface area contributed by atoms with Crippen LogP contribution in [0.15, 0.2) is 18.2 Å². The molecule has 1 aromatic carbocycles. The van der Waals surface area contributed by atoms with Gasteiger partial charge in [0, 0.05) is 17.1 Å². The van der Waals surface area contributed by atoms with Crippen molar-refractivity contribution in [3.05, 3.63) is 28.8 Å². The smallest absolute Gasteiger partial charge is 0.121 e. The maximum Gasteiger partial charge on any atom is 0.121 e. The third kappa shape index (κ3) is 2.81. The normalized spacial score (nSPS) is 19.4. The number of hydrogen-bond acceptors (Lipinski definition) is 2. The van der Waals surface area contributed by atoms with Gasteiger partial charge in [-0.3, -0.25) is 0 Å². The van der Waals surface area contributed by atoms with Gasteiger partial charge in [0.05, 0.1) is 0 Å². The quantitative estimate of drug-likeness (QED) is 0.824. The first kappa shape index (κ1) is 12.3. The van der Waals surface area contributed by atoms with Crippen LogP contribution in [0.3, 0.4) is 0 Å². The average Bonchev–Trinajstić information content (AvgIpc) is 3.21. The molecule has 0 amide bonds. The zero-order valence-corrected chi connectivity index (χ0v) is 11.3. The Morgan fingerprint density at radius 3 is 2.44 bits per heavy atom. The first-order valence-electron chi connectivity index (χ1n) is 6.93. The van der Waals surface area contributed by atoms with Gasteiger partial charge in [0.25, 0.3) is 0 Å². The second-order valence-corrected chi connectivity index (χ2v) is 6.11. The highest BCUT2D eigenvalue weighted by molar-refractivity contribution is 6.31. The van der Waals surface area contributed by atoms with Crippen molar-refractivity contribution in [1.82, 2.24) is 5.32 Å². The summed E-state index contributed by atoms with van der Waals surface area (Å²) in [6.45, 7) is 1.74. The third-order valence-electron chi connectivity index (χ3n) is 4.23. The standard InChI is InChI=1S/C15H20ClNO/c16-14-2-1-3-15(18)13(14)9-17-8-12(10-4-5-10)11-6-7-11/h1-3,10-12,17-18H,4-9H2. The molecular weight excluding hydrogens is 246 g/mol. The summed E-state index contributed by atoms with van der Waals surface area (Å²) in [6.07, 6.45) is 5.67. The fourth-order valence-corrected chi connectivity index (χ4v) is 3.09. The molecule has 0 atom stereocenters. The first-order chi connectivity index (χ1) is 8.75. The summed E-state index contributed by atoms with van der Waals surface area (Å²) < 4.78 is 0. The predicted octanol–water partition coefficient (Wildman–Crippen LogP) is 3.57. The van der Waals surface area contributed by atoms with Crippen molar-refractivity contribution in [1.29, 1.82) is 0 Å². The highest BCUT2D eigenvalue weighted by Crippen LogP contribution is 2.48. The number of benzene rings is 1. The topological polar surface area (TPSA) is 32.3 Å². The van der Waals surface area contributed by atoms with E-state index in [2.05, 4.69) is 5.32 Å². The molecule has 2 aliphatic rings. The minimum atomic E-state index is 0.296. The van der Waals surface area contributed by atoms with Crippen LogP contribution in [0.25, 0.3) is 0 Å². The zero-order chi connectivity index (χ0) is 12.5. The highest BCUT2D eigenvalue weighted by Gasteiger charge is 2.40. The fourth-order valence-electron chi connectivity index (χ4n) is 2.85. The Hall–Kier alpha value is -0.730. The molecule has 18 heavy (non-hydrogen) atoms. The van der Waals surface area contributed by atoms with Gasteiger partial charge in [0.2, 0.25) is 0 Å². The van der Waals surface area contributed by atoms with Crippen molar-refractivity contribution in [2.75, 3.05) is 6.54 Å². The zero-order valence-electron chi connectivity index (χ0n) is 10.5. The summed E-state index contributed by atoms with van der Waals surface area (Å²) in [7, 11) is 0. The van der Waals surface area contributed by atoms with Gasteiger partial charge < -0.3 is 10.4 Å². The lowest BCUT2D eigenvalue weighted by Gasteiger charge is -2.17. The average molecular weight is 266 g/mol. The summed E-state index contributed by atoms with van der Waals surface area (Å²) in [5.74, 6) is 3.08. The maximum absolute atomic E-state index is 9.78. The van der Waals surface area contributed by atoms with E-state index in [0.29, 0.717) is 17.3 Å². The largest absolute Gasteiger partial charge is 0.508 e. The molecule has 0 heterocycles. The van der Waals surface area contributed by atoms with Crippen LogP contribution in [-0.2, 0) is 6.54 Å². The van der Waals surface area contributed by atoms with Gasteiger partial charge in [-0.05, 0) is 62.1 Å². The van der Waals surface area contributed by atoms with E-state index < -0.39 is 0 Å². The van der Waals surface area contributed by atoms with Gasteiger partial charge in [0.1, 0.15) is 5.75 Å². The number of aromatic hydroxyl groups is 1. The lowest BCUT2D eigenvalue weighted by atomic mass is 9.98. The molecule has 0 bridgehead atoms. The molecule has 0 saturated heterocycles. The van der Waals surface area contributed by atoms with Crippen molar-refractivity contribution in [3.8, 4) is 5.75 Å². The molecule has 2 saturated carbocycles. The monoisotopic (exact) mass is 265 g/mol. The molecule has 2 nitrogen and oxygen atoms in total. The SMILES string of the molecule is Oc1cccc(Cl)c1CNCC(C1CC1)C1CC1. The van der Waals surface area contributed by atoms with Crippen LogP contribution in [-0.4, -0.2) is 11.7 Å². The summed E-state index contributed by atoms with van der Waals surface area (Å²) in [5.41, 5.74) is 0.824. The van der Waals surface area contributed by atoms with E-state index in [4.69, 9.17) is 11.6 Å². The molecule has 0 aliphatic heterocycles. The van der Waals surface area contributed by atoms with Gasteiger partial charge in [-0.25, -0.2) is 0 Å². The lowest BCUT2D eigenvalue weighted by Crippen LogP contribution is -2.25. The summed E-state index contributed by atoms with van der Waals surface area (Å²) in [5, 5.41) is 13.9. The molecule has 3 heteroatoms. The molecule has 2 fully saturated rings. The van der Waals surface area contributed by atoms with E-state index in [-0.39, 0.29) is 0 Å². The van der Waals surface area contributed by atoms with E-state index in [1.807, 2.05) is 6.07 Å². The Morgan fingerprint density at radius 2 is 1.89 bits per heavy atom. The van der Waals surface area contributed by atoms with Gasteiger partial charge in [0.15, 0.2) is 0 Å². The van der Waals surface area contributed by atoms with E-state index in [9.17, 15) is 5.11 Å². The van der Waals surface area contributed by atoms with Gasteiger partial charge in [-0.2, -0.15) is 0 Å². The lowest BCUT2D eigenvalue weighted by molar-refractivity contribution is 0.376. The predicted molar refractivity (Wildman–Crippen MR) is 73.8 cm³/mol. The van der Waals surface area contributed by atoms with Crippen LogP contribution < -0.4 is 5.32 Å². The minimum Gasteiger partial charge on any atom is -0.508 e. The molecule has 98 valence electrons. The Bertz CT molecular complexity index is 394. The molecule has 2 N–H and O–H groups in total. The van der Waals surface area contributed by atoms with Crippen LogP contribution in [0.1, 0.15) is 31.2 Å². The number of phenolic OH excluding ortho intramolecular Hbond substituents is 1. The fraction of sp³-hybridized carbons (Fsp3) is 0.600. The summed E-state index contributed by atoms with van der Waals surface area (Å²) >= 11 is 6.09. The van der Waals surface area contributed by atoms with E-state index in [1.165, 1.54) is 25.7 Å². The minimum absolute atomic E-state index is 0.296. The third-order valence-corrected chi connectivity index (χ3v) is 4.59. The maximum atomic E-state index is 9.78. The molecule has 0 spiro atoms. The van der Waals surface area contributed by atoms with E-state index >= 15 is 0 Å². The van der Waals surface area contributed by atoms with Crippen molar-refractivity contribution >= 4 is 11.6 Å². The van der Waals surface area contributed by atoms with Crippen molar-refractivity contribution in [3.63, 3.8) is 0 Å². The van der Waals surface area contributed by atoms with Crippen LogP contribution in [0.4, 0.5) is 0 Å². The van der Waals surface area contributed by atoms with E-state index in [0.717, 1.165) is 29.9 Å². The number of nitrogens with one attached hydrogen (secondary N) is 1. The van der Waals surface area contributed by atoms with Gasteiger partial charge in [-0.15, -0.1) is 0 Å². The molecule has 1 aromatic rings. The molecular formula is C15H20ClNO. The van der Waals surface area contributed by atoms with Crippen molar-refractivity contribution in [2.45, 2.75) is 32.2 Å². The Morgan fingerprint density at radius 1 is 1.22 bits per heavy atom. The Balaban J connectivity index is 1.54. The van der Waals surface area contributed by atoms with Gasteiger partial charge >= 0.3 is 0 Å². The molecule has 0 radical (unpaired) electrons. The molecule has 0 aromatic heterocycles. The van der Waals surface area contributed by atoms with Crippen LogP contribution in [0.5, 0.6) is 5.75 Å². The number of rotatable bonds is 6. The molecule has 2 aliphatic carbocycles. The summed E-state index contributed by atoms with van der Waals surface area (Å²) in [4.78, 5) is 0. The highest BCUT2D eigenvalue weighted by atomic mass is 35.5. The molecule has 3 rings (SSSR count). The van der Waals surface area contributed by atoms with Crippen LogP contribution in [0.2, 0.25) is 5.02 Å². The Kier molecular flexibility index (Phi) is 3.49. The van der Waals surface area contributed by atoms with Crippen molar-refractivity contribution in [2.24, 2.45) is 17.8 Å². The summed E-state index contributed by atoms with van der Waals surface area (Å²) in [6, 6.07) is 5.30. The van der Waals surface area contributed by atoms with Crippen molar-refractivity contribution < 1.29 is 5.11 Å². The second kappa shape index (κ2) is 5.10. The molecule has 0 unspecified atom stereocenters. The number of halogens is 1. The number of hydrogen-bond donors (Lipinski definition) is 2.